The molecular weight excluding hydrogens is 332 g/mol. The van der Waals surface area contributed by atoms with Crippen molar-refractivity contribution in [1.82, 2.24) is 4.57 Å². The van der Waals surface area contributed by atoms with Crippen LogP contribution in [0.25, 0.3) is 0 Å². The Labute approximate surface area is 150 Å². The summed E-state index contributed by atoms with van der Waals surface area (Å²) < 4.78 is 12.0. The topological polar surface area (TPSA) is 69.6 Å². The maximum absolute atomic E-state index is 12.2. The van der Waals surface area contributed by atoms with E-state index >= 15 is 0 Å². The number of rotatable bonds is 6. The molecule has 0 spiro atoms. The zero-order chi connectivity index (χ0) is 18.4. The Morgan fingerprint density at radius 3 is 2.35 bits per heavy atom. The average molecular weight is 350 g/mol. The predicted molar refractivity (Wildman–Crippen MR) is 98.8 cm³/mol. The molecule has 0 aliphatic carbocycles. The highest BCUT2D eigenvalue weighted by Gasteiger charge is 2.08. The van der Waals surface area contributed by atoms with E-state index in [4.69, 9.17) is 9.47 Å². The maximum atomic E-state index is 12.2. The third-order valence-corrected chi connectivity index (χ3v) is 3.64. The molecule has 0 aliphatic heterocycles. The van der Waals surface area contributed by atoms with Crippen LogP contribution in [0.4, 0.5) is 5.69 Å². The molecule has 1 amide bonds. The van der Waals surface area contributed by atoms with Gasteiger partial charge in [0.05, 0.1) is 7.11 Å². The molecule has 0 radical (unpaired) electrons. The van der Waals surface area contributed by atoms with Crippen LogP contribution < -0.4 is 20.3 Å². The lowest BCUT2D eigenvalue weighted by Gasteiger charge is -2.10. The number of nitrogens with one attached hydrogen (secondary N) is 1. The number of carbonyl (C=O) groups excluding carboxylic acids is 1. The van der Waals surface area contributed by atoms with Crippen molar-refractivity contribution in [1.29, 1.82) is 0 Å². The van der Waals surface area contributed by atoms with Gasteiger partial charge < -0.3 is 19.4 Å². The first-order chi connectivity index (χ1) is 12.7. The van der Waals surface area contributed by atoms with Crippen molar-refractivity contribution in [2.45, 2.75) is 6.54 Å². The molecule has 3 aromatic rings. The van der Waals surface area contributed by atoms with E-state index in [1.54, 1.807) is 42.6 Å². The van der Waals surface area contributed by atoms with Crippen molar-refractivity contribution in [2.75, 3.05) is 12.4 Å². The minimum Gasteiger partial charge on any atom is -0.491 e. The second-order valence-corrected chi connectivity index (χ2v) is 5.50. The molecule has 26 heavy (non-hydrogen) atoms. The number of hydrogen-bond acceptors (Lipinski definition) is 4. The van der Waals surface area contributed by atoms with Crippen LogP contribution in [0, 0.1) is 0 Å². The van der Waals surface area contributed by atoms with E-state index in [0.29, 0.717) is 11.4 Å². The van der Waals surface area contributed by atoms with Crippen molar-refractivity contribution in [3.63, 3.8) is 0 Å². The van der Waals surface area contributed by atoms with Crippen LogP contribution in [0.1, 0.15) is 0 Å². The first-order valence-electron chi connectivity index (χ1n) is 8.02. The summed E-state index contributed by atoms with van der Waals surface area (Å²) in [6.45, 7) is -0.0989. The number of methoxy groups -OCH3 is 1. The minimum atomic E-state index is -0.350. The van der Waals surface area contributed by atoms with Crippen LogP contribution in [0.15, 0.2) is 77.7 Å². The number of nitrogens with zero attached hydrogens (tertiary/aromatic N) is 1. The van der Waals surface area contributed by atoms with Crippen molar-refractivity contribution in [2.24, 2.45) is 0 Å². The molecule has 2 aromatic carbocycles. The number of carbonyl (C=O) groups is 1. The van der Waals surface area contributed by atoms with Crippen LogP contribution in [-0.4, -0.2) is 17.6 Å². The molecule has 0 fully saturated rings. The van der Waals surface area contributed by atoms with Gasteiger partial charge in [-0.2, -0.15) is 0 Å². The standard InChI is InChI=1S/C20H18N2O4/c1-25-18-8-5-13-22(20(18)24)14-19(23)21-15-9-11-17(12-10-15)26-16-6-3-2-4-7-16/h2-13H,14H2,1H3,(H,21,23). The zero-order valence-electron chi connectivity index (χ0n) is 14.2. The maximum Gasteiger partial charge on any atom is 0.293 e. The second-order valence-electron chi connectivity index (χ2n) is 5.50. The van der Waals surface area contributed by atoms with E-state index in [1.807, 2.05) is 30.3 Å². The molecule has 0 saturated carbocycles. The lowest BCUT2D eigenvalue weighted by Crippen LogP contribution is -2.27. The molecule has 3 rings (SSSR count). The number of amides is 1. The van der Waals surface area contributed by atoms with Gasteiger partial charge in [-0.1, -0.05) is 18.2 Å². The fourth-order valence-corrected chi connectivity index (χ4v) is 2.38. The van der Waals surface area contributed by atoms with Gasteiger partial charge in [-0.05, 0) is 48.5 Å². The summed E-state index contributed by atoms with van der Waals surface area (Å²) in [7, 11) is 1.42. The van der Waals surface area contributed by atoms with Crippen molar-refractivity contribution >= 4 is 11.6 Å². The molecule has 0 bridgehead atoms. The Morgan fingerprint density at radius 1 is 0.962 bits per heavy atom. The summed E-state index contributed by atoms with van der Waals surface area (Å²) in [6, 6.07) is 19.7. The van der Waals surface area contributed by atoms with Gasteiger partial charge in [-0.15, -0.1) is 0 Å². The van der Waals surface area contributed by atoms with E-state index in [0.717, 1.165) is 5.75 Å². The SMILES string of the molecule is COc1cccn(CC(=O)Nc2ccc(Oc3ccccc3)cc2)c1=O. The van der Waals surface area contributed by atoms with E-state index in [9.17, 15) is 9.59 Å². The fraction of sp³-hybridized carbons (Fsp3) is 0.100. The van der Waals surface area contributed by atoms with E-state index in [1.165, 1.54) is 11.7 Å². The first kappa shape index (κ1) is 17.3. The number of para-hydroxylation sites is 1. The fourth-order valence-electron chi connectivity index (χ4n) is 2.38. The molecule has 132 valence electrons. The van der Waals surface area contributed by atoms with Gasteiger partial charge in [0.15, 0.2) is 5.75 Å². The van der Waals surface area contributed by atoms with Crippen LogP contribution in [-0.2, 0) is 11.3 Å². The van der Waals surface area contributed by atoms with Gasteiger partial charge in [0, 0.05) is 11.9 Å². The summed E-state index contributed by atoms with van der Waals surface area (Å²) in [5, 5.41) is 2.75. The average Bonchev–Trinajstić information content (AvgIpc) is 2.66. The molecule has 0 saturated heterocycles. The Morgan fingerprint density at radius 2 is 1.65 bits per heavy atom. The largest absolute Gasteiger partial charge is 0.491 e. The molecule has 6 heteroatoms. The molecule has 1 aromatic heterocycles. The van der Waals surface area contributed by atoms with Gasteiger partial charge in [0.25, 0.3) is 5.56 Å². The van der Waals surface area contributed by atoms with Crippen LogP contribution in [0.5, 0.6) is 17.2 Å². The van der Waals surface area contributed by atoms with Gasteiger partial charge in [0.1, 0.15) is 18.0 Å². The molecular formula is C20H18N2O4. The Balaban J connectivity index is 1.62. The van der Waals surface area contributed by atoms with E-state index < -0.39 is 0 Å². The Bertz CT molecular complexity index is 934. The van der Waals surface area contributed by atoms with Gasteiger partial charge >= 0.3 is 0 Å². The van der Waals surface area contributed by atoms with E-state index in [-0.39, 0.29) is 23.8 Å². The lowest BCUT2D eigenvalue weighted by atomic mass is 10.3. The number of anilines is 1. The zero-order valence-corrected chi connectivity index (χ0v) is 14.2. The predicted octanol–water partition coefficient (Wildman–Crippen LogP) is 3.29. The molecule has 1 heterocycles. The third-order valence-electron chi connectivity index (χ3n) is 3.64. The normalized spacial score (nSPS) is 10.2. The molecule has 1 N–H and O–H groups in total. The first-order valence-corrected chi connectivity index (χ1v) is 8.02. The summed E-state index contributed by atoms with van der Waals surface area (Å²) in [4.78, 5) is 24.2. The smallest absolute Gasteiger partial charge is 0.293 e. The van der Waals surface area contributed by atoms with Crippen LogP contribution in [0.2, 0.25) is 0 Å². The van der Waals surface area contributed by atoms with Gasteiger partial charge in [-0.25, -0.2) is 0 Å². The molecule has 0 aliphatic rings. The van der Waals surface area contributed by atoms with Crippen molar-refractivity contribution in [3.05, 3.63) is 83.3 Å². The molecule has 0 unspecified atom stereocenters. The highest BCUT2D eigenvalue weighted by molar-refractivity contribution is 5.90. The minimum absolute atomic E-state index is 0.0989. The third kappa shape index (κ3) is 4.30. The summed E-state index contributed by atoms with van der Waals surface area (Å²) in [5.74, 6) is 1.29. The quantitative estimate of drug-likeness (QED) is 0.741. The van der Waals surface area contributed by atoms with Crippen LogP contribution in [0.3, 0.4) is 0 Å². The number of benzene rings is 2. The summed E-state index contributed by atoms with van der Waals surface area (Å²) in [5.41, 5.74) is 0.267. The number of aromatic nitrogens is 1. The monoisotopic (exact) mass is 350 g/mol. The Kier molecular flexibility index (Phi) is 5.34. The van der Waals surface area contributed by atoms with Gasteiger partial charge in [-0.3, -0.25) is 9.59 Å². The number of ether oxygens (including phenoxy) is 2. The van der Waals surface area contributed by atoms with Crippen molar-refractivity contribution in [3.8, 4) is 17.2 Å². The summed E-state index contributed by atoms with van der Waals surface area (Å²) >= 11 is 0. The second kappa shape index (κ2) is 8.02. The van der Waals surface area contributed by atoms with Gasteiger partial charge in [0.2, 0.25) is 5.91 Å². The number of pyridine rings is 1. The molecule has 6 nitrogen and oxygen atoms in total. The Hall–Kier alpha value is -3.54. The highest BCUT2D eigenvalue weighted by atomic mass is 16.5. The molecule has 0 atom stereocenters. The van der Waals surface area contributed by atoms with Crippen LogP contribution >= 0.6 is 0 Å². The summed E-state index contributed by atoms with van der Waals surface area (Å²) in [6.07, 6.45) is 1.54. The number of hydrogen-bond donors (Lipinski definition) is 1. The highest BCUT2D eigenvalue weighted by Crippen LogP contribution is 2.22. The van der Waals surface area contributed by atoms with E-state index in [2.05, 4.69) is 5.32 Å². The van der Waals surface area contributed by atoms with Crippen molar-refractivity contribution < 1.29 is 14.3 Å². The lowest BCUT2D eigenvalue weighted by molar-refractivity contribution is -0.116.